The highest BCUT2D eigenvalue weighted by Gasteiger charge is 2.44. The highest BCUT2D eigenvalue weighted by Crippen LogP contribution is 2.54. The van der Waals surface area contributed by atoms with E-state index in [9.17, 15) is 5.26 Å². The summed E-state index contributed by atoms with van der Waals surface area (Å²) < 4.78 is 6.15. The van der Waals surface area contributed by atoms with E-state index in [1.54, 1.807) is 0 Å². The first-order valence-corrected chi connectivity index (χ1v) is 10.3. The summed E-state index contributed by atoms with van der Waals surface area (Å²) in [5.74, 6) is 2.12. The summed E-state index contributed by atoms with van der Waals surface area (Å²) in [6.45, 7) is 4.56. The number of anilines is 1. The summed E-state index contributed by atoms with van der Waals surface area (Å²) in [5, 5.41) is 9.58. The summed E-state index contributed by atoms with van der Waals surface area (Å²) in [5.41, 5.74) is 3.09. The van der Waals surface area contributed by atoms with E-state index in [1.807, 2.05) is 6.07 Å². The topological polar surface area (TPSA) is 56.3 Å². The molecule has 2 heterocycles. The maximum Gasteiger partial charge on any atom is 0.234 e. The molecule has 1 saturated heterocycles. The Morgan fingerprint density at radius 1 is 0.931 bits per heavy atom. The van der Waals surface area contributed by atoms with Gasteiger partial charge in [-0.3, -0.25) is 4.90 Å². The lowest BCUT2D eigenvalue weighted by Gasteiger charge is -2.34. The van der Waals surface area contributed by atoms with Gasteiger partial charge in [0.15, 0.2) is 0 Å². The quantitative estimate of drug-likeness (QED) is 0.662. The largest absolute Gasteiger partial charge is 0.423 e. The molecule has 1 saturated carbocycles. The Morgan fingerprint density at radius 3 is 2.31 bits per heavy atom. The van der Waals surface area contributed by atoms with E-state index in [-0.39, 0.29) is 5.92 Å². The number of oxazole rings is 1. The molecule has 0 radical (unpaired) electrons. The van der Waals surface area contributed by atoms with Crippen molar-refractivity contribution in [1.82, 2.24) is 9.88 Å². The lowest BCUT2D eigenvalue weighted by atomic mass is 10.1. The van der Waals surface area contributed by atoms with E-state index in [4.69, 9.17) is 4.42 Å². The fraction of sp³-hybridized carbons (Fsp3) is 0.333. The highest BCUT2D eigenvalue weighted by atomic mass is 16.4. The molecule has 146 valence electrons. The number of rotatable bonds is 5. The van der Waals surface area contributed by atoms with Gasteiger partial charge in [-0.25, -0.2) is 4.98 Å². The van der Waals surface area contributed by atoms with Crippen LogP contribution < -0.4 is 4.90 Å². The third-order valence-electron chi connectivity index (χ3n) is 5.98. The minimum atomic E-state index is 0.289. The third kappa shape index (κ3) is 3.76. The molecule has 2 atom stereocenters. The molecule has 2 aliphatic rings. The monoisotopic (exact) mass is 384 g/mol. The van der Waals surface area contributed by atoms with Crippen molar-refractivity contribution in [2.75, 3.05) is 31.1 Å². The van der Waals surface area contributed by atoms with Gasteiger partial charge < -0.3 is 9.32 Å². The standard InChI is InChI=1S/C24H24N4O/c25-16-22-24(28-13-11-27(12-14-28)17-18-7-3-1-4-8-18)29-23(26-22)21-15-20(21)19-9-5-2-6-10-19/h1-10,20-21H,11-15,17H2/t20-,21-/m1/s1. The number of nitriles is 1. The van der Waals surface area contributed by atoms with Gasteiger partial charge in [0.2, 0.25) is 17.5 Å². The van der Waals surface area contributed by atoms with Gasteiger partial charge in [0.05, 0.1) is 0 Å². The summed E-state index contributed by atoms with van der Waals surface area (Å²) in [4.78, 5) is 9.17. The van der Waals surface area contributed by atoms with Crippen LogP contribution in [0, 0.1) is 11.3 Å². The molecule has 2 fully saturated rings. The van der Waals surface area contributed by atoms with Gasteiger partial charge in [-0.05, 0) is 23.5 Å². The highest BCUT2D eigenvalue weighted by molar-refractivity contribution is 5.49. The number of aromatic nitrogens is 1. The van der Waals surface area contributed by atoms with Gasteiger partial charge in [0, 0.05) is 38.6 Å². The fourth-order valence-corrected chi connectivity index (χ4v) is 4.26. The number of nitrogens with zero attached hydrogens (tertiary/aromatic N) is 4. The molecule has 0 unspecified atom stereocenters. The smallest absolute Gasteiger partial charge is 0.234 e. The van der Waals surface area contributed by atoms with E-state index >= 15 is 0 Å². The molecule has 0 amide bonds. The second-order valence-corrected chi connectivity index (χ2v) is 7.93. The average Bonchev–Trinajstić information content (AvgIpc) is 3.47. The summed E-state index contributed by atoms with van der Waals surface area (Å²) in [6, 6.07) is 23.3. The minimum absolute atomic E-state index is 0.289. The van der Waals surface area contributed by atoms with Gasteiger partial charge in [0.25, 0.3) is 0 Å². The Kier molecular flexibility index (Phi) is 4.79. The lowest BCUT2D eigenvalue weighted by Crippen LogP contribution is -2.46. The third-order valence-corrected chi connectivity index (χ3v) is 5.98. The molecule has 5 rings (SSSR count). The van der Waals surface area contributed by atoms with Crippen molar-refractivity contribution in [3.05, 3.63) is 83.4 Å². The molecule has 29 heavy (non-hydrogen) atoms. The first kappa shape index (κ1) is 18.0. The van der Waals surface area contributed by atoms with Crippen LogP contribution in [0.2, 0.25) is 0 Å². The van der Waals surface area contributed by atoms with Crippen molar-refractivity contribution in [2.45, 2.75) is 24.8 Å². The van der Waals surface area contributed by atoms with Gasteiger partial charge in [-0.1, -0.05) is 60.7 Å². The van der Waals surface area contributed by atoms with Crippen molar-refractivity contribution in [2.24, 2.45) is 0 Å². The lowest BCUT2D eigenvalue weighted by molar-refractivity contribution is 0.245. The normalized spacial score (nSPS) is 21.7. The first-order chi connectivity index (χ1) is 14.3. The van der Waals surface area contributed by atoms with Gasteiger partial charge >= 0.3 is 0 Å². The summed E-state index contributed by atoms with van der Waals surface area (Å²) >= 11 is 0. The van der Waals surface area contributed by atoms with Gasteiger partial charge in [0.1, 0.15) is 6.07 Å². The summed E-state index contributed by atoms with van der Waals surface area (Å²) in [6.07, 6.45) is 1.04. The van der Waals surface area contributed by atoms with Crippen molar-refractivity contribution in [3.63, 3.8) is 0 Å². The Bertz CT molecular complexity index is 1000. The van der Waals surface area contributed by atoms with Crippen molar-refractivity contribution < 1.29 is 4.42 Å². The van der Waals surface area contributed by atoms with E-state index in [0.717, 1.165) is 45.0 Å². The molecular formula is C24H24N4O. The predicted molar refractivity (Wildman–Crippen MR) is 112 cm³/mol. The second-order valence-electron chi connectivity index (χ2n) is 7.93. The Hall–Kier alpha value is -3.10. The SMILES string of the molecule is N#Cc1nc([C@@H]2C[C@@H]2c2ccccc2)oc1N1CCN(Cc2ccccc2)CC1. The van der Waals surface area contributed by atoms with Crippen molar-refractivity contribution in [1.29, 1.82) is 5.26 Å². The average molecular weight is 384 g/mol. The maximum absolute atomic E-state index is 9.58. The zero-order valence-corrected chi connectivity index (χ0v) is 16.4. The van der Waals surface area contributed by atoms with Crippen LogP contribution in [0.1, 0.15) is 41.0 Å². The molecular weight excluding hydrogens is 360 g/mol. The Morgan fingerprint density at radius 2 is 1.62 bits per heavy atom. The molecule has 3 aromatic rings. The molecule has 5 heteroatoms. The van der Waals surface area contributed by atoms with Crippen LogP contribution >= 0.6 is 0 Å². The van der Waals surface area contributed by atoms with Crippen LogP contribution in [0.3, 0.4) is 0 Å². The van der Waals surface area contributed by atoms with Crippen LogP contribution in [-0.4, -0.2) is 36.1 Å². The van der Waals surface area contributed by atoms with Gasteiger partial charge in [-0.15, -0.1) is 0 Å². The number of piperazine rings is 1. The maximum atomic E-state index is 9.58. The van der Waals surface area contributed by atoms with Crippen LogP contribution in [0.15, 0.2) is 65.1 Å². The number of hydrogen-bond acceptors (Lipinski definition) is 5. The Labute approximate surface area is 171 Å². The molecule has 2 aromatic carbocycles. The molecule has 0 spiro atoms. The fourth-order valence-electron chi connectivity index (χ4n) is 4.26. The first-order valence-electron chi connectivity index (χ1n) is 10.3. The second kappa shape index (κ2) is 7.73. The zero-order chi connectivity index (χ0) is 19.6. The number of benzene rings is 2. The van der Waals surface area contributed by atoms with Crippen LogP contribution in [0.5, 0.6) is 0 Å². The molecule has 5 nitrogen and oxygen atoms in total. The van der Waals surface area contributed by atoms with Gasteiger partial charge in [-0.2, -0.15) is 5.26 Å². The molecule has 1 aliphatic heterocycles. The molecule has 0 N–H and O–H groups in total. The van der Waals surface area contributed by atoms with E-state index in [0.29, 0.717) is 17.5 Å². The van der Waals surface area contributed by atoms with E-state index in [2.05, 4.69) is 75.5 Å². The zero-order valence-electron chi connectivity index (χ0n) is 16.4. The minimum Gasteiger partial charge on any atom is -0.423 e. The van der Waals surface area contributed by atoms with E-state index < -0.39 is 0 Å². The molecule has 0 bridgehead atoms. The van der Waals surface area contributed by atoms with Crippen molar-refractivity contribution >= 4 is 5.88 Å². The van der Waals surface area contributed by atoms with Crippen LogP contribution in [0.25, 0.3) is 0 Å². The summed E-state index contributed by atoms with van der Waals surface area (Å²) in [7, 11) is 0. The van der Waals surface area contributed by atoms with Crippen LogP contribution in [-0.2, 0) is 6.54 Å². The van der Waals surface area contributed by atoms with E-state index in [1.165, 1.54) is 11.1 Å². The Balaban J connectivity index is 1.25. The van der Waals surface area contributed by atoms with Crippen molar-refractivity contribution in [3.8, 4) is 6.07 Å². The predicted octanol–water partition coefficient (Wildman–Crippen LogP) is 4.14. The number of hydrogen-bond donors (Lipinski definition) is 0. The molecule has 1 aromatic heterocycles. The molecule has 1 aliphatic carbocycles. The van der Waals surface area contributed by atoms with Crippen LogP contribution in [0.4, 0.5) is 5.88 Å².